The van der Waals surface area contributed by atoms with Crippen molar-refractivity contribution in [2.24, 2.45) is 0 Å². The molecule has 0 aromatic heterocycles. The number of benzene rings is 2. The van der Waals surface area contributed by atoms with Gasteiger partial charge in [0.25, 0.3) is 0 Å². The Morgan fingerprint density at radius 1 is 1.04 bits per heavy atom. The van der Waals surface area contributed by atoms with Crippen LogP contribution in [0.5, 0.6) is 0 Å². The van der Waals surface area contributed by atoms with E-state index in [2.05, 4.69) is 41.0 Å². The number of allylic oxidation sites excluding steroid dienone is 1. The number of carbonyl (C=O) groups is 1. The van der Waals surface area contributed by atoms with Gasteiger partial charge >= 0.3 is 0 Å². The van der Waals surface area contributed by atoms with Crippen LogP contribution in [0, 0.1) is 0 Å². The lowest BCUT2D eigenvalue weighted by molar-refractivity contribution is -0.119. The summed E-state index contributed by atoms with van der Waals surface area (Å²) < 4.78 is 0. The molecule has 2 N–H and O–H groups in total. The van der Waals surface area contributed by atoms with Crippen LogP contribution < -0.4 is 10.6 Å². The molecule has 3 rings (SSSR count). The second-order valence-electron chi connectivity index (χ2n) is 6.12. The lowest BCUT2D eigenvalue weighted by atomic mass is 9.97. The predicted octanol–water partition coefficient (Wildman–Crippen LogP) is 4.26. The van der Waals surface area contributed by atoms with Gasteiger partial charge in [-0.1, -0.05) is 42.0 Å². The third-order valence-corrected chi connectivity index (χ3v) is 4.36. The van der Waals surface area contributed by atoms with Crippen molar-refractivity contribution >= 4 is 22.4 Å². The van der Waals surface area contributed by atoms with E-state index in [1.807, 2.05) is 18.2 Å². The highest BCUT2D eigenvalue weighted by atomic mass is 16.1. The summed E-state index contributed by atoms with van der Waals surface area (Å²) in [5, 5.41) is 8.59. The van der Waals surface area contributed by atoms with Crippen LogP contribution in [0.25, 0.3) is 10.8 Å². The maximum atomic E-state index is 11.9. The minimum Gasteiger partial charge on any atom is -0.376 e. The summed E-state index contributed by atoms with van der Waals surface area (Å²) in [5.74, 6) is 0.0505. The van der Waals surface area contributed by atoms with Crippen LogP contribution in [0.15, 0.2) is 54.1 Å². The van der Waals surface area contributed by atoms with E-state index >= 15 is 0 Å². The Kier molecular flexibility index (Phi) is 5.30. The lowest BCUT2D eigenvalue weighted by Crippen LogP contribution is -2.30. The molecule has 0 saturated carbocycles. The zero-order valence-corrected chi connectivity index (χ0v) is 13.5. The maximum Gasteiger partial charge on any atom is 0.239 e. The summed E-state index contributed by atoms with van der Waals surface area (Å²) >= 11 is 0. The van der Waals surface area contributed by atoms with E-state index in [0.29, 0.717) is 6.54 Å². The number of rotatable bonds is 6. The molecule has 1 aliphatic carbocycles. The van der Waals surface area contributed by atoms with Crippen molar-refractivity contribution in [3.05, 3.63) is 54.1 Å². The van der Waals surface area contributed by atoms with E-state index in [1.54, 1.807) is 0 Å². The molecule has 0 heterocycles. The Morgan fingerprint density at radius 2 is 1.91 bits per heavy atom. The average Bonchev–Trinajstić information content (AvgIpc) is 2.61. The van der Waals surface area contributed by atoms with E-state index in [9.17, 15) is 4.79 Å². The second-order valence-corrected chi connectivity index (χ2v) is 6.12. The molecule has 3 heteroatoms. The number of fused-ring (bicyclic) bond motifs is 1. The average molecular weight is 308 g/mol. The molecule has 0 radical (unpaired) electrons. The molecule has 0 unspecified atom stereocenters. The van der Waals surface area contributed by atoms with Crippen molar-refractivity contribution in [1.82, 2.24) is 5.32 Å². The van der Waals surface area contributed by atoms with Crippen molar-refractivity contribution in [2.45, 2.75) is 32.1 Å². The van der Waals surface area contributed by atoms with Crippen molar-refractivity contribution in [3.8, 4) is 0 Å². The number of nitrogens with one attached hydrogen (secondary N) is 2. The van der Waals surface area contributed by atoms with Gasteiger partial charge in [-0.2, -0.15) is 0 Å². The molecule has 3 nitrogen and oxygen atoms in total. The van der Waals surface area contributed by atoms with Crippen LogP contribution in [0.2, 0.25) is 0 Å². The fourth-order valence-corrected chi connectivity index (χ4v) is 3.04. The first kappa shape index (κ1) is 15.6. The first-order valence-electron chi connectivity index (χ1n) is 8.48. The summed E-state index contributed by atoms with van der Waals surface area (Å²) in [6, 6.07) is 14.4. The maximum absolute atomic E-state index is 11.9. The summed E-state index contributed by atoms with van der Waals surface area (Å²) in [4.78, 5) is 11.9. The third kappa shape index (κ3) is 4.59. The largest absolute Gasteiger partial charge is 0.376 e. The second kappa shape index (κ2) is 7.82. The Bertz CT molecular complexity index is 706. The van der Waals surface area contributed by atoms with Gasteiger partial charge in [0.1, 0.15) is 0 Å². The number of anilines is 1. The van der Waals surface area contributed by atoms with E-state index < -0.39 is 0 Å². The lowest BCUT2D eigenvalue weighted by Gasteiger charge is -2.13. The molecule has 1 amide bonds. The molecule has 0 fully saturated rings. The Balaban J connectivity index is 1.43. The zero-order chi connectivity index (χ0) is 15.9. The van der Waals surface area contributed by atoms with Crippen LogP contribution in [-0.4, -0.2) is 19.0 Å². The van der Waals surface area contributed by atoms with Crippen LogP contribution in [0.4, 0.5) is 5.69 Å². The number of carbonyl (C=O) groups excluding carboxylic acids is 1. The van der Waals surface area contributed by atoms with E-state index in [1.165, 1.54) is 42.0 Å². The Labute approximate surface area is 137 Å². The monoisotopic (exact) mass is 308 g/mol. The van der Waals surface area contributed by atoms with Gasteiger partial charge in [-0.05, 0) is 55.0 Å². The van der Waals surface area contributed by atoms with E-state index in [-0.39, 0.29) is 5.91 Å². The molecule has 0 bridgehead atoms. The number of hydrogen-bond donors (Lipinski definition) is 2. The van der Waals surface area contributed by atoms with Gasteiger partial charge < -0.3 is 10.6 Å². The van der Waals surface area contributed by atoms with Crippen LogP contribution >= 0.6 is 0 Å². The fraction of sp³-hybridized carbons (Fsp3) is 0.350. The van der Waals surface area contributed by atoms with E-state index in [0.717, 1.165) is 18.7 Å². The highest BCUT2D eigenvalue weighted by Gasteiger charge is 2.05. The highest BCUT2D eigenvalue weighted by molar-refractivity contribution is 5.87. The van der Waals surface area contributed by atoms with Gasteiger partial charge in [-0.15, -0.1) is 0 Å². The molecule has 2 aromatic carbocycles. The molecule has 1 aliphatic rings. The van der Waals surface area contributed by atoms with Crippen molar-refractivity contribution in [1.29, 1.82) is 0 Å². The van der Waals surface area contributed by atoms with Crippen molar-refractivity contribution in [3.63, 3.8) is 0 Å². The zero-order valence-electron chi connectivity index (χ0n) is 13.5. The minimum atomic E-state index is 0.0505. The van der Waals surface area contributed by atoms with Gasteiger partial charge in [0.05, 0.1) is 6.54 Å². The topological polar surface area (TPSA) is 41.1 Å². The Hall–Kier alpha value is -2.29. The normalized spacial score (nSPS) is 14.3. The smallest absolute Gasteiger partial charge is 0.239 e. The first-order valence-corrected chi connectivity index (χ1v) is 8.48. The Morgan fingerprint density at radius 3 is 2.74 bits per heavy atom. The summed E-state index contributed by atoms with van der Waals surface area (Å²) in [5.41, 5.74) is 2.48. The minimum absolute atomic E-state index is 0.0505. The molecular weight excluding hydrogens is 284 g/mol. The highest BCUT2D eigenvalue weighted by Crippen LogP contribution is 2.20. The van der Waals surface area contributed by atoms with Crippen molar-refractivity contribution in [2.75, 3.05) is 18.4 Å². The number of hydrogen-bond acceptors (Lipinski definition) is 2. The van der Waals surface area contributed by atoms with Gasteiger partial charge in [-0.3, -0.25) is 4.79 Å². The van der Waals surface area contributed by atoms with Gasteiger partial charge in [-0.25, -0.2) is 0 Å². The molecule has 0 atom stereocenters. The molecule has 0 aliphatic heterocycles. The molecule has 120 valence electrons. The molecular formula is C20H24N2O. The van der Waals surface area contributed by atoms with Gasteiger partial charge in [0, 0.05) is 12.2 Å². The third-order valence-electron chi connectivity index (χ3n) is 4.36. The quantitative estimate of drug-likeness (QED) is 0.783. The number of amides is 1. The van der Waals surface area contributed by atoms with Gasteiger partial charge in [0.15, 0.2) is 0 Å². The molecule has 23 heavy (non-hydrogen) atoms. The first-order chi connectivity index (χ1) is 11.3. The van der Waals surface area contributed by atoms with Gasteiger partial charge in [0.2, 0.25) is 5.91 Å². The fourth-order valence-electron chi connectivity index (χ4n) is 3.04. The summed E-state index contributed by atoms with van der Waals surface area (Å²) in [6.45, 7) is 1.06. The predicted molar refractivity (Wildman–Crippen MR) is 96.6 cm³/mol. The molecule has 0 spiro atoms. The SMILES string of the molecule is O=C(CNc1ccc2ccccc2c1)NCCC1=CCCCC1. The van der Waals surface area contributed by atoms with Crippen molar-refractivity contribution < 1.29 is 4.79 Å². The summed E-state index contributed by atoms with van der Waals surface area (Å²) in [6.07, 6.45) is 8.33. The van der Waals surface area contributed by atoms with Crippen LogP contribution in [0.1, 0.15) is 32.1 Å². The molecule has 2 aromatic rings. The van der Waals surface area contributed by atoms with Crippen LogP contribution in [-0.2, 0) is 4.79 Å². The van der Waals surface area contributed by atoms with Crippen LogP contribution in [0.3, 0.4) is 0 Å². The summed E-state index contributed by atoms with van der Waals surface area (Å²) in [7, 11) is 0. The standard InChI is InChI=1S/C20H24N2O/c23-20(21-13-12-16-6-2-1-3-7-16)15-22-19-11-10-17-8-4-5-9-18(17)14-19/h4-6,8-11,14,22H,1-3,7,12-13,15H2,(H,21,23). The van der Waals surface area contributed by atoms with E-state index in [4.69, 9.17) is 0 Å². The molecule has 0 saturated heterocycles.